The molecule has 1 aliphatic rings. The first-order valence-corrected chi connectivity index (χ1v) is 7.16. The quantitative estimate of drug-likeness (QED) is 0.755. The van der Waals surface area contributed by atoms with Gasteiger partial charge in [-0.15, -0.1) is 0 Å². The largest absolute Gasteiger partial charge is 0.392 e. The van der Waals surface area contributed by atoms with Gasteiger partial charge in [0.05, 0.1) is 4.99 Å². The Labute approximate surface area is 96.9 Å². The first-order chi connectivity index (χ1) is 6.84. The fourth-order valence-corrected chi connectivity index (χ4v) is 4.46. The van der Waals surface area contributed by atoms with Gasteiger partial charge in [-0.3, -0.25) is 0 Å². The molecule has 1 rings (SSSR count). The van der Waals surface area contributed by atoms with Crippen molar-refractivity contribution in [1.29, 1.82) is 0 Å². The van der Waals surface area contributed by atoms with Gasteiger partial charge in [0, 0.05) is 12.1 Å². The van der Waals surface area contributed by atoms with E-state index in [0.29, 0.717) is 0 Å². The smallest absolute Gasteiger partial charge is 0.221 e. The van der Waals surface area contributed by atoms with E-state index in [1.54, 1.807) is 4.31 Å². The number of nitrogens with two attached hydrogens (primary N) is 1. The summed E-state index contributed by atoms with van der Waals surface area (Å²) in [6.45, 7) is 3.87. The van der Waals surface area contributed by atoms with Crippen LogP contribution in [0.2, 0.25) is 0 Å². The number of hydrogen-bond acceptors (Lipinski definition) is 3. The molecule has 0 amide bonds. The van der Waals surface area contributed by atoms with Crippen molar-refractivity contribution in [2.24, 2.45) is 5.73 Å². The molecule has 0 aromatic heterocycles. The first kappa shape index (κ1) is 12.9. The Balaban J connectivity index is 2.88. The minimum atomic E-state index is -3.31. The normalized spacial score (nSPS) is 28.9. The van der Waals surface area contributed by atoms with Gasteiger partial charge in [-0.25, -0.2) is 8.42 Å². The molecule has 0 saturated carbocycles. The Kier molecular flexibility index (Phi) is 4.08. The van der Waals surface area contributed by atoms with Gasteiger partial charge in [0.15, 0.2) is 0 Å². The van der Waals surface area contributed by atoms with Crippen molar-refractivity contribution in [3.63, 3.8) is 0 Å². The Bertz CT molecular complexity index is 330. The minimum Gasteiger partial charge on any atom is -0.392 e. The van der Waals surface area contributed by atoms with Crippen molar-refractivity contribution in [2.45, 2.75) is 45.2 Å². The molecule has 2 atom stereocenters. The number of sulfonamides is 1. The summed E-state index contributed by atoms with van der Waals surface area (Å²) in [5.74, 6) is -0.211. The molecule has 0 aliphatic carbocycles. The Morgan fingerprint density at radius 2 is 1.87 bits per heavy atom. The van der Waals surface area contributed by atoms with Crippen molar-refractivity contribution in [3.8, 4) is 0 Å². The SMILES string of the molecule is C[C@@H]1CCC[C@H](C)N1S(=O)(=O)CC(N)=S. The number of hydrogen-bond donors (Lipinski definition) is 1. The van der Waals surface area contributed by atoms with Gasteiger partial charge >= 0.3 is 0 Å². The summed E-state index contributed by atoms with van der Waals surface area (Å²) in [6, 6.07) is 0.126. The Morgan fingerprint density at radius 1 is 1.40 bits per heavy atom. The van der Waals surface area contributed by atoms with Gasteiger partial charge in [0.1, 0.15) is 5.75 Å². The highest BCUT2D eigenvalue weighted by Crippen LogP contribution is 2.25. The molecule has 0 radical (unpaired) electrons. The van der Waals surface area contributed by atoms with E-state index >= 15 is 0 Å². The molecule has 1 saturated heterocycles. The Hall–Kier alpha value is -0.200. The summed E-state index contributed by atoms with van der Waals surface area (Å²) in [4.78, 5) is 0.0416. The van der Waals surface area contributed by atoms with Gasteiger partial charge in [0.25, 0.3) is 0 Å². The number of thiocarbonyl (C=S) groups is 1. The lowest BCUT2D eigenvalue weighted by molar-refractivity contribution is 0.205. The standard InChI is InChI=1S/C9H18N2O2S2/c1-7-4-3-5-8(2)11(7)15(12,13)6-9(10)14/h7-8H,3-6H2,1-2H3,(H2,10,14)/t7-,8+. The van der Waals surface area contributed by atoms with Gasteiger partial charge < -0.3 is 5.73 Å². The lowest BCUT2D eigenvalue weighted by atomic mass is 10.0. The first-order valence-electron chi connectivity index (χ1n) is 5.14. The van der Waals surface area contributed by atoms with E-state index in [2.05, 4.69) is 12.2 Å². The third-order valence-corrected chi connectivity index (χ3v) is 5.12. The predicted molar refractivity (Wildman–Crippen MR) is 65.2 cm³/mol. The molecular formula is C9H18N2O2S2. The van der Waals surface area contributed by atoms with Crippen LogP contribution in [0.1, 0.15) is 33.1 Å². The van der Waals surface area contributed by atoms with E-state index in [9.17, 15) is 8.42 Å². The van der Waals surface area contributed by atoms with E-state index in [0.717, 1.165) is 19.3 Å². The molecule has 1 heterocycles. The fraction of sp³-hybridized carbons (Fsp3) is 0.889. The maximum absolute atomic E-state index is 12.0. The monoisotopic (exact) mass is 250 g/mol. The maximum atomic E-state index is 12.0. The summed E-state index contributed by atoms with van der Waals surface area (Å²) in [7, 11) is -3.31. The zero-order valence-electron chi connectivity index (χ0n) is 9.14. The van der Waals surface area contributed by atoms with E-state index < -0.39 is 10.0 Å². The maximum Gasteiger partial charge on any atom is 0.221 e. The molecule has 0 aromatic carbocycles. The van der Waals surface area contributed by atoms with Crippen LogP contribution in [0.25, 0.3) is 0 Å². The zero-order valence-corrected chi connectivity index (χ0v) is 10.8. The van der Waals surface area contributed by atoms with Crippen molar-refractivity contribution in [3.05, 3.63) is 0 Å². The van der Waals surface area contributed by atoms with Crippen LogP contribution in [-0.4, -0.2) is 35.5 Å². The summed E-state index contributed by atoms with van der Waals surface area (Å²) < 4.78 is 25.5. The topological polar surface area (TPSA) is 63.4 Å². The second-order valence-corrected chi connectivity index (χ2v) is 6.58. The van der Waals surface area contributed by atoms with Gasteiger partial charge in [0.2, 0.25) is 10.0 Å². The van der Waals surface area contributed by atoms with E-state index in [1.807, 2.05) is 13.8 Å². The van der Waals surface area contributed by atoms with Gasteiger partial charge in [-0.1, -0.05) is 18.6 Å². The molecule has 88 valence electrons. The molecule has 0 aromatic rings. The lowest BCUT2D eigenvalue weighted by Crippen LogP contribution is -2.49. The third kappa shape index (κ3) is 3.12. The van der Waals surface area contributed by atoms with Crippen LogP contribution in [-0.2, 0) is 10.0 Å². The Morgan fingerprint density at radius 3 is 2.27 bits per heavy atom. The molecule has 1 fully saturated rings. The van der Waals surface area contributed by atoms with Gasteiger partial charge in [-0.05, 0) is 26.7 Å². The van der Waals surface area contributed by atoms with Crippen LogP contribution < -0.4 is 5.73 Å². The molecule has 6 heteroatoms. The van der Waals surface area contributed by atoms with E-state index in [1.165, 1.54) is 0 Å². The van der Waals surface area contributed by atoms with Gasteiger partial charge in [-0.2, -0.15) is 4.31 Å². The van der Waals surface area contributed by atoms with Crippen molar-refractivity contribution < 1.29 is 8.42 Å². The third-order valence-electron chi connectivity index (χ3n) is 2.76. The van der Waals surface area contributed by atoms with Crippen molar-refractivity contribution in [2.75, 3.05) is 5.75 Å². The average Bonchev–Trinajstić information content (AvgIpc) is 1.99. The molecule has 2 N–H and O–H groups in total. The highest BCUT2D eigenvalue weighted by molar-refractivity contribution is 7.92. The molecule has 15 heavy (non-hydrogen) atoms. The van der Waals surface area contributed by atoms with Crippen LogP contribution in [0.5, 0.6) is 0 Å². The van der Waals surface area contributed by atoms with E-state index in [-0.39, 0.29) is 22.8 Å². The van der Waals surface area contributed by atoms with Crippen LogP contribution in [0.3, 0.4) is 0 Å². The fourth-order valence-electron chi connectivity index (χ4n) is 2.20. The lowest BCUT2D eigenvalue weighted by Gasteiger charge is -2.37. The highest BCUT2D eigenvalue weighted by Gasteiger charge is 2.34. The molecule has 4 nitrogen and oxygen atoms in total. The van der Waals surface area contributed by atoms with Crippen LogP contribution in [0.4, 0.5) is 0 Å². The van der Waals surface area contributed by atoms with Crippen molar-refractivity contribution >= 4 is 27.2 Å². The number of piperidine rings is 1. The van der Waals surface area contributed by atoms with E-state index in [4.69, 9.17) is 5.73 Å². The molecule has 1 aliphatic heterocycles. The molecule has 0 unspecified atom stereocenters. The van der Waals surface area contributed by atoms with Crippen LogP contribution >= 0.6 is 12.2 Å². The summed E-state index contributed by atoms with van der Waals surface area (Å²) in [6.07, 6.45) is 2.92. The molecule has 0 spiro atoms. The second-order valence-electron chi connectivity index (χ2n) is 4.18. The zero-order chi connectivity index (χ0) is 11.6. The average molecular weight is 250 g/mol. The summed E-state index contributed by atoms with van der Waals surface area (Å²) in [5, 5.41) is 0. The minimum absolute atomic E-state index is 0.0416. The second kappa shape index (κ2) is 4.76. The summed E-state index contributed by atoms with van der Waals surface area (Å²) in [5.41, 5.74) is 5.30. The van der Waals surface area contributed by atoms with Crippen LogP contribution in [0, 0.1) is 0 Å². The van der Waals surface area contributed by atoms with Crippen LogP contribution in [0.15, 0.2) is 0 Å². The molecular weight excluding hydrogens is 232 g/mol. The number of rotatable bonds is 3. The summed E-state index contributed by atoms with van der Waals surface area (Å²) >= 11 is 4.66. The molecule has 0 bridgehead atoms. The number of nitrogens with zero attached hydrogens (tertiary/aromatic N) is 1. The van der Waals surface area contributed by atoms with Crippen molar-refractivity contribution in [1.82, 2.24) is 4.31 Å². The predicted octanol–water partition coefficient (Wildman–Crippen LogP) is 0.865. The highest BCUT2D eigenvalue weighted by atomic mass is 32.2.